The number of halogens is 2. The standard InChI is InChI=1S/C16H20Cl2/c1-9-7-15(17)11(3)13(9)5-6-14-10(2)8-16(18)12(14)4/h5-8H2,1-4H3. The van der Waals surface area contributed by atoms with Crippen LogP contribution in [-0.2, 0) is 0 Å². The van der Waals surface area contributed by atoms with E-state index >= 15 is 0 Å². The third-order valence-electron chi connectivity index (χ3n) is 4.22. The highest BCUT2D eigenvalue weighted by atomic mass is 35.5. The number of rotatable bonds is 3. The lowest BCUT2D eigenvalue weighted by Gasteiger charge is -2.10. The second-order valence-corrected chi connectivity index (χ2v) is 6.34. The molecule has 0 saturated heterocycles. The molecule has 2 rings (SSSR count). The van der Waals surface area contributed by atoms with Crippen molar-refractivity contribution in [3.63, 3.8) is 0 Å². The molecule has 0 fully saturated rings. The summed E-state index contributed by atoms with van der Waals surface area (Å²) in [6, 6.07) is 0. The fourth-order valence-electron chi connectivity index (χ4n) is 2.96. The van der Waals surface area contributed by atoms with Crippen molar-refractivity contribution in [3.05, 3.63) is 43.5 Å². The van der Waals surface area contributed by atoms with E-state index in [4.69, 9.17) is 23.2 Å². The summed E-state index contributed by atoms with van der Waals surface area (Å²) in [5.41, 5.74) is 8.35. The van der Waals surface area contributed by atoms with E-state index in [1.807, 2.05) is 0 Å². The number of allylic oxidation sites excluding steroid dienone is 8. The second kappa shape index (κ2) is 5.27. The molecule has 2 aliphatic carbocycles. The SMILES string of the molecule is CC1=C(CCC2=C(C)CC(Cl)=C2C)C(C)=C(Cl)C1. The van der Waals surface area contributed by atoms with Crippen LogP contribution in [0.15, 0.2) is 43.5 Å². The molecule has 0 spiro atoms. The summed E-state index contributed by atoms with van der Waals surface area (Å²) >= 11 is 12.4. The minimum Gasteiger partial charge on any atom is -0.0885 e. The van der Waals surface area contributed by atoms with Crippen molar-refractivity contribution < 1.29 is 0 Å². The normalized spacial score (nSPS) is 21.0. The molecule has 0 heterocycles. The van der Waals surface area contributed by atoms with Gasteiger partial charge in [0.05, 0.1) is 0 Å². The fourth-order valence-corrected chi connectivity index (χ4v) is 3.59. The van der Waals surface area contributed by atoms with Crippen LogP contribution in [-0.4, -0.2) is 0 Å². The third kappa shape index (κ3) is 2.46. The zero-order valence-corrected chi connectivity index (χ0v) is 13.1. The van der Waals surface area contributed by atoms with Crippen LogP contribution in [0.5, 0.6) is 0 Å². The van der Waals surface area contributed by atoms with E-state index in [1.165, 1.54) is 33.4 Å². The molecule has 2 heteroatoms. The zero-order chi connectivity index (χ0) is 13.4. The van der Waals surface area contributed by atoms with E-state index in [2.05, 4.69) is 27.7 Å². The Morgan fingerprint density at radius 3 is 1.28 bits per heavy atom. The Labute approximate surface area is 120 Å². The van der Waals surface area contributed by atoms with Gasteiger partial charge >= 0.3 is 0 Å². The Morgan fingerprint density at radius 2 is 1.06 bits per heavy atom. The van der Waals surface area contributed by atoms with Gasteiger partial charge in [-0.05, 0) is 62.8 Å². The Kier molecular flexibility index (Phi) is 4.08. The highest BCUT2D eigenvalue weighted by molar-refractivity contribution is 6.31. The van der Waals surface area contributed by atoms with E-state index in [9.17, 15) is 0 Å². The van der Waals surface area contributed by atoms with Crippen LogP contribution >= 0.6 is 23.2 Å². The lowest BCUT2D eigenvalue weighted by atomic mass is 9.95. The van der Waals surface area contributed by atoms with Crippen LogP contribution in [0.3, 0.4) is 0 Å². The summed E-state index contributed by atoms with van der Waals surface area (Å²) in [5.74, 6) is 0. The van der Waals surface area contributed by atoms with Gasteiger partial charge in [-0.1, -0.05) is 34.3 Å². The molecule has 0 radical (unpaired) electrons. The molecule has 0 N–H and O–H groups in total. The highest BCUT2D eigenvalue weighted by Crippen LogP contribution is 2.41. The topological polar surface area (TPSA) is 0 Å². The number of hydrogen-bond acceptors (Lipinski definition) is 0. The molecule has 0 amide bonds. The summed E-state index contributed by atoms with van der Waals surface area (Å²) in [7, 11) is 0. The first-order chi connectivity index (χ1) is 8.41. The monoisotopic (exact) mass is 282 g/mol. The fraction of sp³-hybridized carbons (Fsp3) is 0.500. The van der Waals surface area contributed by atoms with Gasteiger partial charge in [-0.2, -0.15) is 0 Å². The minimum absolute atomic E-state index is 0.941. The summed E-state index contributed by atoms with van der Waals surface area (Å²) in [6.45, 7) is 8.67. The summed E-state index contributed by atoms with van der Waals surface area (Å²) in [6.07, 6.45) is 4.05. The average molecular weight is 283 g/mol. The van der Waals surface area contributed by atoms with Gasteiger partial charge in [0.25, 0.3) is 0 Å². The predicted molar refractivity (Wildman–Crippen MR) is 81.0 cm³/mol. The molecule has 98 valence electrons. The van der Waals surface area contributed by atoms with Crippen LogP contribution < -0.4 is 0 Å². The van der Waals surface area contributed by atoms with Gasteiger partial charge in [-0.3, -0.25) is 0 Å². The van der Waals surface area contributed by atoms with Gasteiger partial charge in [0.15, 0.2) is 0 Å². The maximum absolute atomic E-state index is 6.22. The quantitative estimate of drug-likeness (QED) is 0.575. The predicted octanol–water partition coefficient (Wildman–Crippen LogP) is 6.23. The molecule has 0 saturated carbocycles. The van der Waals surface area contributed by atoms with Crippen molar-refractivity contribution in [1.29, 1.82) is 0 Å². The molecule has 0 atom stereocenters. The van der Waals surface area contributed by atoms with Crippen molar-refractivity contribution in [3.8, 4) is 0 Å². The van der Waals surface area contributed by atoms with Crippen LogP contribution in [0.2, 0.25) is 0 Å². The van der Waals surface area contributed by atoms with Gasteiger partial charge in [-0.25, -0.2) is 0 Å². The molecule has 18 heavy (non-hydrogen) atoms. The smallest absolute Gasteiger partial charge is 0.0253 e. The maximum atomic E-state index is 6.22. The van der Waals surface area contributed by atoms with Crippen molar-refractivity contribution in [2.45, 2.75) is 53.4 Å². The van der Waals surface area contributed by atoms with Crippen LogP contribution in [0.25, 0.3) is 0 Å². The first kappa shape index (κ1) is 14.0. The van der Waals surface area contributed by atoms with E-state index in [0.29, 0.717) is 0 Å². The first-order valence-corrected chi connectivity index (χ1v) is 7.26. The molecule has 0 bridgehead atoms. The molecule has 0 aliphatic heterocycles. The maximum Gasteiger partial charge on any atom is 0.0253 e. The van der Waals surface area contributed by atoms with E-state index < -0.39 is 0 Å². The first-order valence-electron chi connectivity index (χ1n) is 6.50. The molecule has 0 aromatic heterocycles. The molecule has 0 nitrogen and oxygen atoms in total. The number of hydrogen-bond donors (Lipinski definition) is 0. The summed E-state index contributed by atoms with van der Waals surface area (Å²) < 4.78 is 0. The van der Waals surface area contributed by atoms with Gasteiger partial charge in [0.1, 0.15) is 0 Å². The molecule has 0 aromatic carbocycles. The Balaban J connectivity index is 2.11. The molecular weight excluding hydrogens is 263 g/mol. The van der Waals surface area contributed by atoms with Crippen LogP contribution in [0, 0.1) is 0 Å². The Hall–Kier alpha value is -0.460. The average Bonchev–Trinajstić information content (AvgIpc) is 2.67. The molecular formula is C16H20Cl2. The Bertz CT molecular complexity index is 465. The zero-order valence-electron chi connectivity index (χ0n) is 11.6. The van der Waals surface area contributed by atoms with Crippen molar-refractivity contribution in [1.82, 2.24) is 0 Å². The van der Waals surface area contributed by atoms with E-state index in [-0.39, 0.29) is 0 Å². The minimum atomic E-state index is 0.941. The van der Waals surface area contributed by atoms with E-state index in [1.54, 1.807) is 0 Å². The molecule has 0 aromatic rings. The lowest BCUT2D eigenvalue weighted by molar-refractivity contribution is 0.919. The Morgan fingerprint density at radius 1 is 0.722 bits per heavy atom. The highest BCUT2D eigenvalue weighted by Gasteiger charge is 2.21. The van der Waals surface area contributed by atoms with Crippen LogP contribution in [0.1, 0.15) is 53.4 Å². The van der Waals surface area contributed by atoms with E-state index in [0.717, 1.165) is 35.7 Å². The molecule has 2 aliphatic rings. The largest absolute Gasteiger partial charge is 0.0885 e. The summed E-state index contributed by atoms with van der Waals surface area (Å²) in [5, 5.41) is 2.04. The van der Waals surface area contributed by atoms with Gasteiger partial charge in [0, 0.05) is 22.9 Å². The second-order valence-electron chi connectivity index (χ2n) is 5.43. The summed E-state index contributed by atoms with van der Waals surface area (Å²) in [4.78, 5) is 0. The lowest BCUT2D eigenvalue weighted by Crippen LogP contribution is -1.91. The van der Waals surface area contributed by atoms with Gasteiger partial charge in [0.2, 0.25) is 0 Å². The third-order valence-corrected chi connectivity index (χ3v) is 5.05. The van der Waals surface area contributed by atoms with Crippen LogP contribution in [0.4, 0.5) is 0 Å². The van der Waals surface area contributed by atoms with Crippen molar-refractivity contribution in [2.24, 2.45) is 0 Å². The van der Waals surface area contributed by atoms with Gasteiger partial charge < -0.3 is 0 Å². The van der Waals surface area contributed by atoms with Crippen molar-refractivity contribution >= 4 is 23.2 Å². The molecule has 0 unspecified atom stereocenters. The van der Waals surface area contributed by atoms with Gasteiger partial charge in [-0.15, -0.1) is 0 Å². The van der Waals surface area contributed by atoms with Crippen molar-refractivity contribution in [2.75, 3.05) is 0 Å².